The Morgan fingerprint density at radius 2 is 2.50 bits per heavy atom. The van der Waals surface area contributed by atoms with Crippen molar-refractivity contribution >= 4 is 0 Å². The van der Waals surface area contributed by atoms with Crippen LogP contribution in [0, 0.1) is 0 Å². The molecule has 0 radical (unpaired) electrons. The Balaban J connectivity index is 2.24. The summed E-state index contributed by atoms with van der Waals surface area (Å²) in [5.41, 5.74) is 0. The van der Waals surface area contributed by atoms with Gasteiger partial charge in [-0.25, -0.2) is 0 Å². The van der Waals surface area contributed by atoms with Gasteiger partial charge >= 0.3 is 0 Å². The molecule has 0 aromatic carbocycles. The molecule has 0 aromatic heterocycles. The molecule has 8 heavy (non-hydrogen) atoms. The van der Waals surface area contributed by atoms with Crippen molar-refractivity contribution in [3.63, 3.8) is 0 Å². The molecule has 1 aliphatic rings. The monoisotopic (exact) mass is 117 g/mol. The van der Waals surface area contributed by atoms with Gasteiger partial charge in [0.1, 0.15) is 13.0 Å². The lowest BCUT2D eigenvalue weighted by molar-refractivity contribution is 0.00483. The molecule has 1 N–H and O–H groups in total. The van der Waals surface area contributed by atoms with Gasteiger partial charge in [-0.05, 0) is 6.92 Å². The van der Waals surface area contributed by atoms with Crippen LogP contribution in [-0.4, -0.2) is 36.1 Å². The van der Waals surface area contributed by atoms with Crippen LogP contribution in [-0.2, 0) is 4.74 Å². The van der Waals surface area contributed by atoms with Gasteiger partial charge in [0.25, 0.3) is 0 Å². The highest BCUT2D eigenvalue weighted by Crippen LogP contribution is 2.01. The average Bonchev–Trinajstić information content (AvgIpc) is 2.12. The van der Waals surface area contributed by atoms with Crippen LogP contribution in [0.4, 0.5) is 0 Å². The third kappa shape index (κ3) is 1.18. The predicted molar refractivity (Wildman–Crippen MR) is 29.2 cm³/mol. The Morgan fingerprint density at radius 3 is 2.75 bits per heavy atom. The molecule has 3 heteroatoms. The van der Waals surface area contributed by atoms with Crippen LogP contribution in [0.2, 0.25) is 0 Å². The Hall–Kier alpha value is -0.120. The highest BCUT2D eigenvalue weighted by molar-refractivity contribution is 4.57. The molecule has 48 valence electrons. The molecule has 1 atom stereocenters. The van der Waals surface area contributed by atoms with E-state index >= 15 is 0 Å². The van der Waals surface area contributed by atoms with Crippen molar-refractivity contribution in [2.24, 2.45) is 0 Å². The van der Waals surface area contributed by atoms with E-state index in [1.54, 1.807) is 6.92 Å². The van der Waals surface area contributed by atoms with E-state index in [9.17, 15) is 0 Å². The highest BCUT2D eigenvalue weighted by Gasteiger charge is 2.15. The van der Waals surface area contributed by atoms with Crippen LogP contribution in [0.3, 0.4) is 0 Å². The van der Waals surface area contributed by atoms with Crippen molar-refractivity contribution in [1.82, 2.24) is 4.90 Å². The summed E-state index contributed by atoms with van der Waals surface area (Å²) in [5.74, 6) is 0. The van der Waals surface area contributed by atoms with E-state index in [-0.39, 0.29) is 6.23 Å². The SMILES string of the molecule is CC(O)N1CCOC1. The minimum absolute atomic E-state index is 0.350. The number of ether oxygens (including phenoxy) is 1. The first kappa shape index (κ1) is 6.01. The molecule has 3 nitrogen and oxygen atoms in total. The van der Waals surface area contributed by atoms with Gasteiger partial charge in [-0.1, -0.05) is 0 Å². The zero-order chi connectivity index (χ0) is 5.98. The Kier molecular flexibility index (Phi) is 1.83. The predicted octanol–water partition coefficient (Wildman–Crippen LogP) is -0.386. The fraction of sp³-hybridized carbons (Fsp3) is 1.00. The molecule has 1 saturated heterocycles. The van der Waals surface area contributed by atoms with Crippen LogP contribution < -0.4 is 0 Å². The fourth-order valence-electron chi connectivity index (χ4n) is 0.723. The first-order valence-corrected chi connectivity index (χ1v) is 2.80. The Bertz CT molecular complexity index is 68.8. The van der Waals surface area contributed by atoms with E-state index in [2.05, 4.69) is 0 Å². The third-order valence-corrected chi connectivity index (χ3v) is 1.31. The van der Waals surface area contributed by atoms with Gasteiger partial charge in [-0.3, -0.25) is 4.90 Å². The minimum atomic E-state index is -0.350. The van der Waals surface area contributed by atoms with Crippen molar-refractivity contribution < 1.29 is 9.84 Å². The van der Waals surface area contributed by atoms with Gasteiger partial charge in [-0.15, -0.1) is 0 Å². The maximum Gasteiger partial charge on any atom is 0.106 e. The number of aliphatic hydroxyl groups is 1. The highest BCUT2D eigenvalue weighted by atomic mass is 16.5. The summed E-state index contributed by atoms with van der Waals surface area (Å²) < 4.78 is 4.98. The van der Waals surface area contributed by atoms with E-state index in [1.807, 2.05) is 4.90 Å². The number of hydrogen-bond donors (Lipinski definition) is 1. The smallest absolute Gasteiger partial charge is 0.106 e. The molecule has 0 amide bonds. The van der Waals surface area contributed by atoms with Crippen molar-refractivity contribution in [3.8, 4) is 0 Å². The maximum atomic E-state index is 8.90. The molecule has 1 aliphatic heterocycles. The van der Waals surface area contributed by atoms with E-state index < -0.39 is 0 Å². The van der Waals surface area contributed by atoms with Gasteiger partial charge in [0.05, 0.1) is 6.61 Å². The Labute approximate surface area is 48.9 Å². The van der Waals surface area contributed by atoms with Crippen LogP contribution in [0.15, 0.2) is 0 Å². The van der Waals surface area contributed by atoms with Crippen molar-refractivity contribution in [2.75, 3.05) is 19.9 Å². The maximum absolute atomic E-state index is 8.90. The average molecular weight is 117 g/mol. The number of hydrogen-bond acceptors (Lipinski definition) is 3. The van der Waals surface area contributed by atoms with Crippen molar-refractivity contribution in [1.29, 1.82) is 0 Å². The van der Waals surface area contributed by atoms with E-state index in [0.29, 0.717) is 6.73 Å². The number of nitrogens with zero attached hydrogens (tertiary/aromatic N) is 1. The van der Waals surface area contributed by atoms with Gasteiger partial charge in [-0.2, -0.15) is 0 Å². The molecular weight excluding hydrogens is 106 g/mol. The molecule has 1 fully saturated rings. The zero-order valence-electron chi connectivity index (χ0n) is 5.00. The molecule has 1 unspecified atom stereocenters. The summed E-state index contributed by atoms with van der Waals surface area (Å²) in [4.78, 5) is 1.86. The summed E-state index contributed by atoms with van der Waals surface area (Å²) in [6, 6.07) is 0. The minimum Gasteiger partial charge on any atom is -0.379 e. The van der Waals surface area contributed by atoms with Crippen molar-refractivity contribution in [2.45, 2.75) is 13.2 Å². The van der Waals surface area contributed by atoms with Crippen LogP contribution in [0.1, 0.15) is 6.92 Å². The molecule has 1 heterocycles. The summed E-state index contributed by atoms with van der Waals surface area (Å²) in [6.45, 7) is 3.94. The largest absolute Gasteiger partial charge is 0.379 e. The second-order valence-corrected chi connectivity index (χ2v) is 1.98. The molecular formula is C5H11NO2. The molecule has 0 aliphatic carbocycles. The van der Waals surface area contributed by atoms with Crippen LogP contribution in [0.5, 0.6) is 0 Å². The third-order valence-electron chi connectivity index (χ3n) is 1.31. The van der Waals surface area contributed by atoms with Gasteiger partial charge in [0.2, 0.25) is 0 Å². The van der Waals surface area contributed by atoms with Crippen LogP contribution in [0.25, 0.3) is 0 Å². The standard InChI is InChI=1S/C5H11NO2/c1-5(7)6-2-3-8-4-6/h5,7H,2-4H2,1H3. The van der Waals surface area contributed by atoms with Gasteiger partial charge in [0.15, 0.2) is 0 Å². The lowest BCUT2D eigenvalue weighted by Crippen LogP contribution is -2.29. The number of rotatable bonds is 1. The molecule has 0 spiro atoms. The molecule has 0 bridgehead atoms. The Morgan fingerprint density at radius 1 is 1.75 bits per heavy atom. The molecule has 0 aromatic rings. The van der Waals surface area contributed by atoms with Gasteiger partial charge in [0, 0.05) is 6.54 Å². The molecule has 1 rings (SSSR count). The summed E-state index contributed by atoms with van der Waals surface area (Å²) in [5, 5.41) is 8.90. The normalized spacial score (nSPS) is 26.2. The molecule has 0 saturated carbocycles. The van der Waals surface area contributed by atoms with Crippen LogP contribution >= 0.6 is 0 Å². The quantitative estimate of drug-likeness (QED) is 0.508. The second kappa shape index (κ2) is 2.44. The zero-order valence-corrected chi connectivity index (χ0v) is 5.00. The first-order valence-electron chi connectivity index (χ1n) is 2.80. The second-order valence-electron chi connectivity index (χ2n) is 1.98. The topological polar surface area (TPSA) is 32.7 Å². The summed E-state index contributed by atoms with van der Waals surface area (Å²) in [7, 11) is 0. The lowest BCUT2D eigenvalue weighted by Gasteiger charge is -2.15. The lowest BCUT2D eigenvalue weighted by atomic mass is 10.5. The van der Waals surface area contributed by atoms with E-state index in [4.69, 9.17) is 9.84 Å². The van der Waals surface area contributed by atoms with E-state index in [1.165, 1.54) is 0 Å². The summed E-state index contributed by atoms with van der Waals surface area (Å²) >= 11 is 0. The van der Waals surface area contributed by atoms with Gasteiger partial charge < -0.3 is 9.84 Å². The summed E-state index contributed by atoms with van der Waals surface area (Å²) in [6.07, 6.45) is -0.350. The number of aliphatic hydroxyl groups excluding tert-OH is 1. The van der Waals surface area contributed by atoms with Crippen molar-refractivity contribution in [3.05, 3.63) is 0 Å². The first-order chi connectivity index (χ1) is 3.80. The van der Waals surface area contributed by atoms with E-state index in [0.717, 1.165) is 13.2 Å². The fourth-order valence-corrected chi connectivity index (χ4v) is 0.723.